The van der Waals surface area contributed by atoms with Crippen LogP contribution in [0.25, 0.3) is 0 Å². The second kappa shape index (κ2) is 8.30. The molecule has 2 rings (SSSR count). The van der Waals surface area contributed by atoms with Gasteiger partial charge < -0.3 is 9.88 Å². The summed E-state index contributed by atoms with van der Waals surface area (Å²) >= 11 is 0. The van der Waals surface area contributed by atoms with Gasteiger partial charge in [0.1, 0.15) is 0 Å². The van der Waals surface area contributed by atoms with Crippen molar-refractivity contribution in [3.63, 3.8) is 0 Å². The monoisotopic (exact) mass is 284 g/mol. The van der Waals surface area contributed by atoms with E-state index in [2.05, 4.69) is 41.1 Å². The van der Waals surface area contributed by atoms with Crippen molar-refractivity contribution in [3.05, 3.63) is 60.4 Å². The molecule has 0 saturated carbocycles. The molecule has 2 aromatic rings. The Morgan fingerprint density at radius 2 is 1.86 bits per heavy atom. The molecule has 0 aliphatic carbocycles. The van der Waals surface area contributed by atoms with E-state index in [1.54, 1.807) is 0 Å². The number of benzene rings is 1. The van der Waals surface area contributed by atoms with E-state index in [0.29, 0.717) is 6.42 Å². The molecular formula is C18H24N2O. The number of rotatable bonds is 8. The van der Waals surface area contributed by atoms with Crippen LogP contribution in [0.4, 0.5) is 0 Å². The molecule has 1 N–H and O–H groups in total. The van der Waals surface area contributed by atoms with Crippen molar-refractivity contribution < 1.29 is 4.79 Å². The minimum Gasteiger partial charge on any atom is -0.354 e. The van der Waals surface area contributed by atoms with Gasteiger partial charge in [0.2, 0.25) is 5.91 Å². The van der Waals surface area contributed by atoms with Crippen LogP contribution in [0.3, 0.4) is 0 Å². The molecule has 3 nitrogen and oxygen atoms in total. The molecule has 21 heavy (non-hydrogen) atoms. The van der Waals surface area contributed by atoms with E-state index in [9.17, 15) is 4.79 Å². The van der Waals surface area contributed by atoms with E-state index >= 15 is 0 Å². The molecule has 3 heteroatoms. The Morgan fingerprint density at radius 3 is 2.57 bits per heavy atom. The zero-order chi connectivity index (χ0) is 14.9. The molecule has 1 aromatic heterocycles. The second-order valence-corrected chi connectivity index (χ2v) is 5.52. The van der Waals surface area contributed by atoms with Crippen LogP contribution in [-0.2, 0) is 17.8 Å². The highest BCUT2D eigenvalue weighted by Gasteiger charge is 2.07. The molecule has 1 heterocycles. The van der Waals surface area contributed by atoms with Crippen LogP contribution < -0.4 is 5.32 Å². The van der Waals surface area contributed by atoms with Gasteiger partial charge in [-0.05, 0) is 43.9 Å². The first-order chi connectivity index (χ1) is 10.2. The first-order valence-corrected chi connectivity index (χ1v) is 7.68. The van der Waals surface area contributed by atoms with Crippen LogP contribution in [0, 0.1) is 0 Å². The van der Waals surface area contributed by atoms with Crippen LogP contribution in [-0.4, -0.2) is 16.5 Å². The first kappa shape index (κ1) is 15.4. The summed E-state index contributed by atoms with van der Waals surface area (Å²) in [7, 11) is 0. The summed E-state index contributed by atoms with van der Waals surface area (Å²) in [5.41, 5.74) is 1.33. The number of hydrogen-bond donors (Lipinski definition) is 1. The number of nitrogens with one attached hydrogen (secondary N) is 1. The lowest BCUT2D eigenvalue weighted by Crippen LogP contribution is -2.32. The van der Waals surface area contributed by atoms with Crippen molar-refractivity contribution in [2.75, 3.05) is 0 Å². The number of carbonyl (C=O) groups is 1. The quantitative estimate of drug-likeness (QED) is 0.792. The number of nitrogens with zero attached hydrogens (tertiary/aromatic N) is 1. The van der Waals surface area contributed by atoms with Gasteiger partial charge in [-0.1, -0.05) is 30.3 Å². The number of hydrogen-bond acceptors (Lipinski definition) is 1. The van der Waals surface area contributed by atoms with E-state index < -0.39 is 0 Å². The van der Waals surface area contributed by atoms with Crippen LogP contribution >= 0.6 is 0 Å². The van der Waals surface area contributed by atoms with Gasteiger partial charge in [-0.25, -0.2) is 0 Å². The second-order valence-electron chi connectivity index (χ2n) is 5.52. The number of aryl methyl sites for hydroxylation is 2. The molecule has 1 aromatic carbocycles. The van der Waals surface area contributed by atoms with Crippen LogP contribution in [0.1, 0.15) is 31.7 Å². The maximum atomic E-state index is 11.9. The highest BCUT2D eigenvalue weighted by molar-refractivity contribution is 5.76. The van der Waals surface area contributed by atoms with E-state index in [0.717, 1.165) is 25.8 Å². The molecular weight excluding hydrogens is 260 g/mol. The molecule has 0 radical (unpaired) electrons. The van der Waals surface area contributed by atoms with E-state index in [-0.39, 0.29) is 11.9 Å². The summed E-state index contributed by atoms with van der Waals surface area (Å²) in [5.74, 6) is 0.155. The van der Waals surface area contributed by atoms with E-state index in [4.69, 9.17) is 0 Å². The minimum absolute atomic E-state index is 0.155. The van der Waals surface area contributed by atoms with Gasteiger partial charge in [-0.3, -0.25) is 4.79 Å². The molecule has 0 saturated heterocycles. The molecule has 112 valence electrons. The summed E-state index contributed by atoms with van der Waals surface area (Å²) in [6, 6.07) is 14.6. The molecule has 0 aliphatic rings. The molecule has 0 aliphatic heterocycles. The summed E-state index contributed by atoms with van der Waals surface area (Å²) in [4.78, 5) is 11.9. The lowest BCUT2D eigenvalue weighted by atomic mass is 10.1. The average molecular weight is 284 g/mol. The van der Waals surface area contributed by atoms with E-state index in [1.807, 2.05) is 30.6 Å². The predicted molar refractivity (Wildman–Crippen MR) is 86.0 cm³/mol. The Kier molecular flexibility index (Phi) is 6.07. The van der Waals surface area contributed by atoms with Gasteiger partial charge in [0, 0.05) is 31.4 Å². The Morgan fingerprint density at radius 1 is 1.14 bits per heavy atom. The van der Waals surface area contributed by atoms with E-state index in [1.165, 1.54) is 5.56 Å². The summed E-state index contributed by atoms with van der Waals surface area (Å²) in [6.07, 6.45) is 7.51. The van der Waals surface area contributed by atoms with Crippen molar-refractivity contribution >= 4 is 5.91 Å². The summed E-state index contributed by atoms with van der Waals surface area (Å²) < 4.78 is 2.10. The predicted octanol–water partition coefficient (Wildman–Crippen LogP) is 3.41. The lowest BCUT2D eigenvalue weighted by Gasteiger charge is -2.14. The smallest absolute Gasteiger partial charge is 0.220 e. The Hall–Kier alpha value is -2.03. The normalized spacial score (nSPS) is 12.0. The number of carbonyl (C=O) groups excluding carboxylic acids is 1. The largest absolute Gasteiger partial charge is 0.354 e. The van der Waals surface area contributed by atoms with Gasteiger partial charge in [-0.15, -0.1) is 0 Å². The van der Waals surface area contributed by atoms with Crippen LogP contribution in [0.5, 0.6) is 0 Å². The molecule has 0 fully saturated rings. The Bertz CT molecular complexity index is 519. The van der Waals surface area contributed by atoms with Crippen LogP contribution in [0.2, 0.25) is 0 Å². The lowest BCUT2D eigenvalue weighted by molar-refractivity contribution is -0.121. The number of amides is 1. The van der Waals surface area contributed by atoms with Gasteiger partial charge in [0.05, 0.1) is 0 Å². The minimum atomic E-state index is 0.155. The zero-order valence-electron chi connectivity index (χ0n) is 12.7. The molecule has 1 atom stereocenters. The van der Waals surface area contributed by atoms with Gasteiger partial charge in [0.25, 0.3) is 0 Å². The van der Waals surface area contributed by atoms with Crippen molar-refractivity contribution in [1.29, 1.82) is 0 Å². The first-order valence-electron chi connectivity index (χ1n) is 7.68. The maximum absolute atomic E-state index is 11.9. The summed E-state index contributed by atoms with van der Waals surface area (Å²) in [5, 5.41) is 3.08. The topological polar surface area (TPSA) is 34.0 Å². The summed E-state index contributed by atoms with van der Waals surface area (Å²) in [6.45, 7) is 2.98. The molecule has 1 unspecified atom stereocenters. The maximum Gasteiger partial charge on any atom is 0.220 e. The third-order valence-electron chi connectivity index (χ3n) is 3.60. The van der Waals surface area contributed by atoms with Gasteiger partial charge in [0.15, 0.2) is 0 Å². The van der Waals surface area contributed by atoms with Crippen molar-refractivity contribution in [2.45, 2.75) is 45.2 Å². The fraction of sp³-hybridized carbons (Fsp3) is 0.389. The Labute approximate surface area is 127 Å². The zero-order valence-corrected chi connectivity index (χ0v) is 12.7. The standard InChI is InChI=1S/C18H24N2O/c1-16(11-12-17-8-3-2-4-9-17)19-18(21)10-7-15-20-13-5-6-14-20/h2-6,8-9,13-14,16H,7,10-12,15H2,1H3,(H,19,21). The van der Waals surface area contributed by atoms with Crippen molar-refractivity contribution in [2.24, 2.45) is 0 Å². The van der Waals surface area contributed by atoms with Gasteiger partial charge in [-0.2, -0.15) is 0 Å². The molecule has 0 bridgehead atoms. The average Bonchev–Trinajstić information content (AvgIpc) is 2.99. The Balaban J connectivity index is 1.60. The van der Waals surface area contributed by atoms with Crippen LogP contribution in [0.15, 0.2) is 54.9 Å². The SMILES string of the molecule is CC(CCc1ccccc1)NC(=O)CCCn1cccc1. The van der Waals surface area contributed by atoms with Crippen molar-refractivity contribution in [3.8, 4) is 0 Å². The third-order valence-corrected chi connectivity index (χ3v) is 3.60. The highest BCUT2D eigenvalue weighted by Crippen LogP contribution is 2.05. The molecule has 1 amide bonds. The van der Waals surface area contributed by atoms with Gasteiger partial charge >= 0.3 is 0 Å². The number of aromatic nitrogens is 1. The van der Waals surface area contributed by atoms with Crippen molar-refractivity contribution in [1.82, 2.24) is 9.88 Å². The fourth-order valence-electron chi connectivity index (χ4n) is 2.39. The fourth-order valence-corrected chi connectivity index (χ4v) is 2.39. The molecule has 0 spiro atoms. The highest BCUT2D eigenvalue weighted by atomic mass is 16.1. The third kappa shape index (κ3) is 5.86.